The standard InChI is InChI=1S/C22H22N2OS/c1-16-7-2-4-9-18(16)22(25)23-15-20(21-11-6-14-26-21)24-13-12-17-8-3-5-10-19(17)24/h2-11,14,20H,12-13,15H2,1H3,(H,23,25). The fourth-order valence-corrected chi connectivity index (χ4v) is 4.48. The average Bonchev–Trinajstić information content (AvgIpc) is 3.33. The zero-order valence-electron chi connectivity index (χ0n) is 14.8. The number of anilines is 1. The van der Waals surface area contributed by atoms with E-state index in [9.17, 15) is 4.79 Å². The second-order valence-electron chi connectivity index (χ2n) is 6.63. The SMILES string of the molecule is Cc1ccccc1C(=O)NCC(c1cccs1)N1CCc2ccccc21. The minimum Gasteiger partial charge on any atom is -0.361 e. The molecule has 1 N–H and O–H groups in total. The molecule has 2 aromatic carbocycles. The Balaban J connectivity index is 1.56. The lowest BCUT2D eigenvalue weighted by molar-refractivity contribution is 0.0950. The molecule has 1 aliphatic rings. The van der Waals surface area contributed by atoms with E-state index in [0.29, 0.717) is 6.54 Å². The molecule has 0 radical (unpaired) electrons. The summed E-state index contributed by atoms with van der Waals surface area (Å²) in [6.07, 6.45) is 1.06. The molecule has 0 bridgehead atoms. The lowest BCUT2D eigenvalue weighted by atomic mass is 10.1. The lowest BCUT2D eigenvalue weighted by Crippen LogP contribution is -2.37. The molecule has 3 nitrogen and oxygen atoms in total. The summed E-state index contributed by atoms with van der Waals surface area (Å²) in [5.74, 6) is -0.00265. The van der Waals surface area contributed by atoms with Gasteiger partial charge in [0.15, 0.2) is 0 Å². The highest BCUT2D eigenvalue weighted by molar-refractivity contribution is 7.10. The highest BCUT2D eigenvalue weighted by Gasteiger charge is 2.28. The number of amides is 1. The first-order valence-corrected chi connectivity index (χ1v) is 9.84. The molecule has 132 valence electrons. The van der Waals surface area contributed by atoms with Crippen LogP contribution in [0.2, 0.25) is 0 Å². The van der Waals surface area contributed by atoms with Gasteiger partial charge in [-0.3, -0.25) is 4.79 Å². The van der Waals surface area contributed by atoms with Crippen molar-refractivity contribution >= 4 is 22.9 Å². The zero-order valence-corrected chi connectivity index (χ0v) is 15.6. The molecule has 3 aromatic rings. The summed E-state index contributed by atoms with van der Waals surface area (Å²) in [4.78, 5) is 16.4. The van der Waals surface area contributed by atoms with Gasteiger partial charge in [-0.15, -0.1) is 11.3 Å². The molecule has 0 fully saturated rings. The summed E-state index contributed by atoms with van der Waals surface area (Å²) < 4.78 is 0. The van der Waals surface area contributed by atoms with Gasteiger partial charge in [-0.1, -0.05) is 42.5 Å². The number of nitrogens with zero attached hydrogens (tertiary/aromatic N) is 1. The van der Waals surface area contributed by atoms with Crippen LogP contribution in [0.3, 0.4) is 0 Å². The van der Waals surface area contributed by atoms with Crippen LogP contribution in [0.5, 0.6) is 0 Å². The monoisotopic (exact) mass is 362 g/mol. The Bertz CT molecular complexity index is 904. The van der Waals surface area contributed by atoms with Gasteiger partial charge in [-0.2, -0.15) is 0 Å². The Hall–Kier alpha value is -2.59. The highest BCUT2D eigenvalue weighted by Crippen LogP contribution is 2.36. The van der Waals surface area contributed by atoms with Gasteiger partial charge in [0.2, 0.25) is 0 Å². The molecule has 0 spiro atoms. The van der Waals surface area contributed by atoms with Gasteiger partial charge in [0.05, 0.1) is 6.04 Å². The number of hydrogen-bond acceptors (Lipinski definition) is 3. The van der Waals surface area contributed by atoms with Gasteiger partial charge in [-0.25, -0.2) is 0 Å². The number of aryl methyl sites for hydroxylation is 1. The van der Waals surface area contributed by atoms with Crippen LogP contribution in [-0.4, -0.2) is 19.0 Å². The van der Waals surface area contributed by atoms with Crippen LogP contribution in [0.15, 0.2) is 66.0 Å². The molecule has 1 unspecified atom stereocenters. The van der Waals surface area contributed by atoms with Crippen LogP contribution < -0.4 is 10.2 Å². The van der Waals surface area contributed by atoms with Crippen molar-refractivity contribution in [2.75, 3.05) is 18.0 Å². The number of hydrogen-bond donors (Lipinski definition) is 1. The van der Waals surface area contributed by atoms with Gasteiger partial charge in [0.1, 0.15) is 0 Å². The number of fused-ring (bicyclic) bond motifs is 1. The minimum absolute atomic E-state index is 0.00265. The third-order valence-electron chi connectivity index (χ3n) is 5.02. The van der Waals surface area contributed by atoms with Gasteiger partial charge in [0, 0.05) is 29.2 Å². The van der Waals surface area contributed by atoms with E-state index in [2.05, 4.69) is 52.0 Å². The number of rotatable bonds is 5. The first-order chi connectivity index (χ1) is 12.7. The molecule has 2 heterocycles. The smallest absolute Gasteiger partial charge is 0.251 e. The topological polar surface area (TPSA) is 32.3 Å². The van der Waals surface area contributed by atoms with Gasteiger partial charge >= 0.3 is 0 Å². The molecule has 0 saturated carbocycles. The summed E-state index contributed by atoms with van der Waals surface area (Å²) >= 11 is 1.75. The Morgan fingerprint density at radius 2 is 1.92 bits per heavy atom. The number of para-hydroxylation sites is 1. The normalized spacial score (nSPS) is 14.1. The van der Waals surface area contributed by atoms with E-state index in [-0.39, 0.29) is 11.9 Å². The van der Waals surface area contributed by atoms with Crippen molar-refractivity contribution in [2.24, 2.45) is 0 Å². The van der Waals surface area contributed by atoms with E-state index in [4.69, 9.17) is 0 Å². The van der Waals surface area contributed by atoms with E-state index in [0.717, 1.165) is 24.1 Å². The van der Waals surface area contributed by atoms with Crippen LogP contribution in [0.1, 0.15) is 32.4 Å². The maximum atomic E-state index is 12.7. The molecule has 0 saturated heterocycles. The molecule has 1 aliphatic heterocycles. The summed E-state index contributed by atoms with van der Waals surface area (Å²) in [5.41, 5.74) is 4.43. The molecule has 26 heavy (non-hydrogen) atoms. The maximum Gasteiger partial charge on any atom is 0.251 e. The summed E-state index contributed by atoms with van der Waals surface area (Å²) in [6.45, 7) is 3.56. The fourth-order valence-electron chi connectivity index (χ4n) is 3.65. The number of thiophene rings is 1. The molecule has 1 aromatic heterocycles. The molecular weight excluding hydrogens is 340 g/mol. The van der Waals surface area contributed by atoms with Crippen molar-refractivity contribution in [3.8, 4) is 0 Å². The van der Waals surface area contributed by atoms with E-state index >= 15 is 0 Å². The van der Waals surface area contributed by atoms with Crippen LogP contribution >= 0.6 is 11.3 Å². The Labute approximate surface area is 158 Å². The van der Waals surface area contributed by atoms with Crippen molar-refractivity contribution in [2.45, 2.75) is 19.4 Å². The predicted molar refractivity (Wildman–Crippen MR) is 108 cm³/mol. The number of carbonyl (C=O) groups is 1. The molecule has 1 atom stereocenters. The first-order valence-electron chi connectivity index (χ1n) is 8.96. The number of carbonyl (C=O) groups excluding carboxylic acids is 1. The third-order valence-corrected chi connectivity index (χ3v) is 5.99. The molecule has 4 heteroatoms. The molecule has 0 aliphatic carbocycles. The molecule has 1 amide bonds. The van der Waals surface area contributed by atoms with Crippen molar-refractivity contribution in [3.63, 3.8) is 0 Å². The van der Waals surface area contributed by atoms with Gasteiger partial charge in [0.25, 0.3) is 5.91 Å². The Morgan fingerprint density at radius 3 is 2.73 bits per heavy atom. The Morgan fingerprint density at radius 1 is 1.12 bits per heavy atom. The largest absolute Gasteiger partial charge is 0.361 e. The van der Waals surface area contributed by atoms with Crippen molar-refractivity contribution < 1.29 is 4.79 Å². The van der Waals surface area contributed by atoms with Crippen molar-refractivity contribution in [3.05, 3.63) is 87.6 Å². The number of nitrogens with one attached hydrogen (secondary N) is 1. The fraction of sp³-hybridized carbons (Fsp3) is 0.227. The lowest BCUT2D eigenvalue weighted by Gasteiger charge is -2.30. The van der Waals surface area contributed by atoms with Crippen molar-refractivity contribution in [1.29, 1.82) is 0 Å². The average molecular weight is 362 g/mol. The second-order valence-corrected chi connectivity index (χ2v) is 7.61. The van der Waals surface area contributed by atoms with E-state index in [1.54, 1.807) is 11.3 Å². The van der Waals surface area contributed by atoms with Gasteiger partial charge in [-0.05, 0) is 48.1 Å². The quantitative estimate of drug-likeness (QED) is 0.720. The third kappa shape index (κ3) is 3.25. The zero-order chi connectivity index (χ0) is 17.9. The summed E-state index contributed by atoms with van der Waals surface area (Å²) in [6, 6.07) is 20.7. The van der Waals surface area contributed by atoms with Crippen LogP contribution in [0.25, 0.3) is 0 Å². The highest BCUT2D eigenvalue weighted by atomic mass is 32.1. The van der Waals surface area contributed by atoms with Crippen LogP contribution in [0.4, 0.5) is 5.69 Å². The maximum absolute atomic E-state index is 12.7. The van der Waals surface area contributed by atoms with Crippen LogP contribution in [-0.2, 0) is 6.42 Å². The molecule has 4 rings (SSSR count). The van der Waals surface area contributed by atoms with E-state index in [1.807, 2.05) is 31.2 Å². The summed E-state index contributed by atoms with van der Waals surface area (Å²) in [5, 5.41) is 5.27. The van der Waals surface area contributed by atoms with Crippen molar-refractivity contribution in [1.82, 2.24) is 5.32 Å². The number of benzene rings is 2. The minimum atomic E-state index is -0.00265. The first kappa shape index (κ1) is 16.9. The second kappa shape index (κ2) is 7.34. The Kier molecular flexibility index (Phi) is 4.76. The summed E-state index contributed by atoms with van der Waals surface area (Å²) in [7, 11) is 0. The van der Waals surface area contributed by atoms with E-state index in [1.165, 1.54) is 16.1 Å². The molecular formula is C22H22N2OS. The van der Waals surface area contributed by atoms with Gasteiger partial charge < -0.3 is 10.2 Å². The van der Waals surface area contributed by atoms with Crippen LogP contribution in [0, 0.1) is 6.92 Å². The van der Waals surface area contributed by atoms with E-state index < -0.39 is 0 Å². The predicted octanol–water partition coefficient (Wildman–Crippen LogP) is 4.59.